The summed E-state index contributed by atoms with van der Waals surface area (Å²) in [6, 6.07) is -0.540. The predicted molar refractivity (Wildman–Crippen MR) is 301 cm³/mol. The van der Waals surface area contributed by atoms with E-state index in [-0.39, 0.29) is 18.5 Å². The maximum absolute atomic E-state index is 12.5. The Morgan fingerprint density at radius 2 is 0.594 bits per heavy atom. The van der Waals surface area contributed by atoms with Crippen LogP contribution in [0.15, 0.2) is 0 Å². The van der Waals surface area contributed by atoms with Crippen LogP contribution in [0.1, 0.15) is 367 Å². The van der Waals surface area contributed by atoms with E-state index in [1.54, 1.807) is 0 Å². The molecular formula is C63H125NO5. The maximum Gasteiger partial charge on any atom is 0.305 e. The Hall–Kier alpha value is -1.14. The highest BCUT2D eigenvalue weighted by Crippen LogP contribution is 2.19. The van der Waals surface area contributed by atoms with Gasteiger partial charge in [0.1, 0.15) is 0 Å². The molecule has 0 aromatic rings. The largest absolute Gasteiger partial charge is 0.466 e. The second-order valence-electron chi connectivity index (χ2n) is 22.1. The molecule has 0 aliphatic carbocycles. The predicted octanol–water partition coefficient (Wildman–Crippen LogP) is 19.9. The topological polar surface area (TPSA) is 95.9 Å². The lowest BCUT2D eigenvalue weighted by Crippen LogP contribution is -2.45. The van der Waals surface area contributed by atoms with Gasteiger partial charge in [-0.25, -0.2) is 0 Å². The summed E-state index contributed by atoms with van der Waals surface area (Å²) in [4.78, 5) is 24.5. The molecule has 0 saturated heterocycles. The summed E-state index contributed by atoms with van der Waals surface area (Å²) in [6.45, 7) is 4.99. The van der Waals surface area contributed by atoms with Crippen molar-refractivity contribution in [3.63, 3.8) is 0 Å². The number of ether oxygens (including phenoxy) is 1. The van der Waals surface area contributed by atoms with Gasteiger partial charge in [0.15, 0.2) is 0 Å². The van der Waals surface area contributed by atoms with Crippen molar-refractivity contribution in [2.24, 2.45) is 0 Å². The van der Waals surface area contributed by atoms with Crippen LogP contribution in [0.4, 0.5) is 0 Å². The number of carbonyl (C=O) groups excluding carboxylic acids is 2. The molecule has 0 aliphatic rings. The third-order valence-corrected chi connectivity index (χ3v) is 15.2. The highest BCUT2D eigenvalue weighted by Gasteiger charge is 2.20. The molecule has 0 aliphatic heterocycles. The van der Waals surface area contributed by atoms with Crippen LogP contribution < -0.4 is 5.32 Å². The number of esters is 1. The normalized spacial score (nSPS) is 12.5. The van der Waals surface area contributed by atoms with Gasteiger partial charge in [-0.1, -0.05) is 328 Å². The molecule has 6 nitrogen and oxygen atoms in total. The van der Waals surface area contributed by atoms with Gasteiger partial charge in [-0.3, -0.25) is 9.59 Å². The Balaban J connectivity index is 3.35. The fourth-order valence-electron chi connectivity index (χ4n) is 10.3. The highest BCUT2D eigenvalue weighted by atomic mass is 16.5. The molecule has 0 saturated carbocycles. The highest BCUT2D eigenvalue weighted by molar-refractivity contribution is 5.76. The Morgan fingerprint density at radius 1 is 0.348 bits per heavy atom. The van der Waals surface area contributed by atoms with E-state index in [2.05, 4.69) is 19.2 Å². The summed E-state index contributed by atoms with van der Waals surface area (Å²) in [6.07, 6.45) is 69.7. The zero-order valence-electron chi connectivity index (χ0n) is 47.1. The number of amides is 1. The van der Waals surface area contributed by atoms with E-state index in [9.17, 15) is 19.8 Å². The number of rotatable bonds is 60. The first-order valence-corrected chi connectivity index (χ1v) is 31.8. The number of hydrogen-bond acceptors (Lipinski definition) is 5. The minimum absolute atomic E-state index is 0.0170. The van der Waals surface area contributed by atoms with E-state index in [0.29, 0.717) is 25.9 Å². The molecule has 6 heteroatoms. The molecule has 0 heterocycles. The van der Waals surface area contributed by atoms with Crippen molar-refractivity contribution in [1.29, 1.82) is 0 Å². The summed E-state index contributed by atoms with van der Waals surface area (Å²) in [5, 5.41) is 23.3. The number of aliphatic hydroxyl groups is 2. The molecule has 2 atom stereocenters. The van der Waals surface area contributed by atoms with Gasteiger partial charge >= 0.3 is 5.97 Å². The van der Waals surface area contributed by atoms with Crippen LogP contribution in [0.5, 0.6) is 0 Å². The molecule has 0 aromatic heterocycles. The Kier molecular flexibility index (Phi) is 58.4. The third-order valence-electron chi connectivity index (χ3n) is 15.2. The van der Waals surface area contributed by atoms with Crippen LogP contribution >= 0.6 is 0 Å². The van der Waals surface area contributed by atoms with Crippen molar-refractivity contribution in [2.75, 3.05) is 13.2 Å². The Labute approximate surface area is 432 Å². The van der Waals surface area contributed by atoms with Crippen molar-refractivity contribution in [1.82, 2.24) is 5.32 Å². The summed E-state index contributed by atoms with van der Waals surface area (Å²) in [5.74, 6) is -0.0138. The first-order valence-electron chi connectivity index (χ1n) is 31.8. The number of nitrogens with one attached hydrogen (secondary N) is 1. The number of unbranched alkanes of at least 4 members (excludes halogenated alkanes) is 49. The summed E-state index contributed by atoms with van der Waals surface area (Å²) in [5.41, 5.74) is 0. The van der Waals surface area contributed by atoms with E-state index < -0.39 is 12.1 Å². The second-order valence-corrected chi connectivity index (χ2v) is 22.1. The van der Waals surface area contributed by atoms with Gasteiger partial charge in [0, 0.05) is 12.8 Å². The quantitative estimate of drug-likeness (QED) is 0.0417. The van der Waals surface area contributed by atoms with E-state index in [1.807, 2.05) is 0 Å². The second kappa shape index (κ2) is 59.4. The number of aliphatic hydroxyl groups excluding tert-OH is 2. The van der Waals surface area contributed by atoms with Gasteiger partial charge in [-0.15, -0.1) is 0 Å². The summed E-state index contributed by atoms with van der Waals surface area (Å²) >= 11 is 0. The van der Waals surface area contributed by atoms with Crippen LogP contribution in [0.25, 0.3) is 0 Å². The molecule has 3 N–H and O–H groups in total. The zero-order chi connectivity index (χ0) is 50.0. The third kappa shape index (κ3) is 56.0. The fourth-order valence-corrected chi connectivity index (χ4v) is 10.3. The minimum atomic E-state index is -0.662. The maximum atomic E-state index is 12.5. The monoisotopic (exact) mass is 976 g/mol. The molecule has 2 unspecified atom stereocenters. The molecule has 0 spiro atoms. The lowest BCUT2D eigenvalue weighted by molar-refractivity contribution is -0.143. The summed E-state index contributed by atoms with van der Waals surface area (Å²) < 4.78 is 5.48. The van der Waals surface area contributed by atoms with E-state index in [1.165, 1.54) is 295 Å². The van der Waals surface area contributed by atoms with Crippen molar-refractivity contribution in [3.05, 3.63) is 0 Å². The van der Waals surface area contributed by atoms with Crippen LogP contribution in [0.3, 0.4) is 0 Å². The van der Waals surface area contributed by atoms with Crippen molar-refractivity contribution in [2.45, 2.75) is 379 Å². The Morgan fingerprint density at radius 3 is 0.884 bits per heavy atom. The average molecular weight is 977 g/mol. The van der Waals surface area contributed by atoms with Gasteiger partial charge in [-0.2, -0.15) is 0 Å². The smallest absolute Gasteiger partial charge is 0.305 e. The van der Waals surface area contributed by atoms with Crippen LogP contribution in [-0.4, -0.2) is 47.4 Å². The van der Waals surface area contributed by atoms with Crippen molar-refractivity contribution < 1.29 is 24.5 Å². The number of hydrogen-bond donors (Lipinski definition) is 3. The lowest BCUT2D eigenvalue weighted by atomic mass is 10.0. The van der Waals surface area contributed by atoms with E-state index in [0.717, 1.165) is 38.5 Å². The van der Waals surface area contributed by atoms with Crippen LogP contribution in [0, 0.1) is 0 Å². The SMILES string of the molecule is CCCCCCCCCCCCCCCCCCC(O)C(CO)NC(=O)CCCCCCCCCCCCCCCCCCCCCCCCCOC(=O)CCCCCCCCCCCCCCC. The molecule has 0 fully saturated rings. The van der Waals surface area contributed by atoms with E-state index in [4.69, 9.17) is 4.74 Å². The fraction of sp³-hybridized carbons (Fsp3) is 0.968. The molecular weight excluding hydrogens is 851 g/mol. The van der Waals surface area contributed by atoms with Crippen LogP contribution in [-0.2, 0) is 14.3 Å². The molecule has 0 bridgehead atoms. The Bertz CT molecular complexity index is 990. The van der Waals surface area contributed by atoms with E-state index >= 15 is 0 Å². The lowest BCUT2D eigenvalue weighted by Gasteiger charge is -2.22. The number of carbonyl (C=O) groups is 2. The summed E-state index contributed by atoms with van der Waals surface area (Å²) in [7, 11) is 0. The van der Waals surface area contributed by atoms with Gasteiger partial charge in [-0.05, 0) is 25.7 Å². The molecule has 69 heavy (non-hydrogen) atoms. The van der Waals surface area contributed by atoms with Gasteiger partial charge < -0.3 is 20.3 Å². The first kappa shape index (κ1) is 67.9. The first-order chi connectivity index (χ1) is 34.0. The minimum Gasteiger partial charge on any atom is -0.466 e. The average Bonchev–Trinajstić information content (AvgIpc) is 3.35. The van der Waals surface area contributed by atoms with Crippen molar-refractivity contribution >= 4 is 11.9 Å². The van der Waals surface area contributed by atoms with Gasteiger partial charge in [0.25, 0.3) is 0 Å². The molecule has 0 rings (SSSR count). The molecule has 412 valence electrons. The van der Waals surface area contributed by atoms with Gasteiger partial charge in [0.05, 0.1) is 25.4 Å². The zero-order valence-corrected chi connectivity index (χ0v) is 47.1. The molecule has 0 radical (unpaired) electrons. The standard InChI is InChI=1S/C63H125NO5/c1-3-5-7-9-11-13-15-17-18-28-32-35-39-43-47-51-55-61(66)60(59-65)64-62(67)56-52-48-44-40-36-33-29-26-24-22-20-19-21-23-25-27-30-34-38-42-46-50-54-58-69-63(68)57-53-49-45-41-37-31-16-14-12-10-8-6-4-2/h60-61,65-66H,3-59H2,1-2H3,(H,64,67). The van der Waals surface area contributed by atoms with Crippen molar-refractivity contribution in [3.8, 4) is 0 Å². The molecule has 1 amide bonds. The van der Waals surface area contributed by atoms with Gasteiger partial charge in [0.2, 0.25) is 5.91 Å². The van der Waals surface area contributed by atoms with Crippen LogP contribution in [0.2, 0.25) is 0 Å². The molecule has 0 aromatic carbocycles.